The van der Waals surface area contributed by atoms with Crippen LogP contribution in [0.2, 0.25) is 0 Å². The summed E-state index contributed by atoms with van der Waals surface area (Å²) in [7, 11) is -4.61. The molecule has 0 spiro atoms. The fourth-order valence-corrected chi connectivity index (χ4v) is 7.03. The Balaban J connectivity index is 2.49. The van der Waals surface area contributed by atoms with Crippen molar-refractivity contribution >= 4 is 22.1 Å². The normalized spacial score (nSPS) is 21.0. The van der Waals surface area contributed by atoms with Gasteiger partial charge in [-0.15, -0.1) is 0 Å². The molecule has 0 amide bonds. The molecule has 1 rings (SSSR count). The van der Waals surface area contributed by atoms with Gasteiger partial charge >= 0.3 is 11.9 Å². The standard InChI is InChI=1S/C44H76O12S/c1-3-5-7-9-11-13-15-17-18-19-21-22-24-26-28-30-32-39(45)53-34-37(35-54-44-43(49)42(48)41(47)38(56-44)36-57(50,51)52)55-40(46)33-31-29-27-25-23-20-16-14-12-10-8-6-4-2/h6,8,12,14,20,23,27,29,37-38,41-44,47-49H,3-5,7,9-11,13,15-19,21-22,24-26,28,30-36H2,1-2H3,(H,50,51,52)/b8-6-,14-12-,23-20-,29-27-. The number of hydrogen-bond donors (Lipinski definition) is 4. The average Bonchev–Trinajstić information content (AvgIpc) is 3.17. The minimum Gasteiger partial charge on any atom is -0.462 e. The fraction of sp³-hybridized carbons (Fsp3) is 0.773. The number of aliphatic hydroxyl groups excluding tert-OH is 3. The largest absolute Gasteiger partial charge is 0.462 e. The second-order valence-electron chi connectivity index (χ2n) is 15.0. The molecular weight excluding hydrogens is 753 g/mol. The van der Waals surface area contributed by atoms with Gasteiger partial charge in [-0.2, -0.15) is 8.42 Å². The summed E-state index contributed by atoms with van der Waals surface area (Å²) in [5.74, 6) is -2.09. The number of carbonyl (C=O) groups excluding carboxylic acids is 2. The lowest BCUT2D eigenvalue weighted by molar-refractivity contribution is -0.297. The van der Waals surface area contributed by atoms with Crippen LogP contribution in [0.5, 0.6) is 0 Å². The molecular formula is C44H76O12S. The van der Waals surface area contributed by atoms with Crippen LogP contribution in [0, 0.1) is 0 Å². The topological polar surface area (TPSA) is 186 Å². The van der Waals surface area contributed by atoms with Crippen molar-refractivity contribution < 1.29 is 56.8 Å². The van der Waals surface area contributed by atoms with Crippen molar-refractivity contribution in [2.24, 2.45) is 0 Å². The van der Waals surface area contributed by atoms with Gasteiger partial charge in [0.05, 0.1) is 6.61 Å². The molecule has 1 fully saturated rings. The highest BCUT2D eigenvalue weighted by molar-refractivity contribution is 7.85. The maximum Gasteiger partial charge on any atom is 0.306 e. The van der Waals surface area contributed by atoms with Crippen molar-refractivity contribution in [3.05, 3.63) is 48.6 Å². The number of allylic oxidation sites excluding steroid dienone is 8. The SMILES string of the molecule is CC/C=C\C/C=C\C/C=C\C/C=C\CCC(=O)OC(COC(=O)CCCCCCCCCCCCCCCCCC)COC1OC(CS(=O)(=O)O)C(O)C(O)C1O. The van der Waals surface area contributed by atoms with E-state index in [2.05, 4.69) is 44.2 Å². The monoisotopic (exact) mass is 829 g/mol. The summed E-state index contributed by atoms with van der Waals surface area (Å²) in [5, 5.41) is 30.8. The Hall–Kier alpha value is -2.39. The number of unbranched alkanes of at least 4 members (excludes halogenated alkanes) is 15. The summed E-state index contributed by atoms with van der Waals surface area (Å²) in [4.78, 5) is 25.3. The van der Waals surface area contributed by atoms with E-state index in [1.807, 2.05) is 18.2 Å². The van der Waals surface area contributed by atoms with E-state index >= 15 is 0 Å². The van der Waals surface area contributed by atoms with Crippen LogP contribution in [-0.2, 0) is 38.7 Å². The van der Waals surface area contributed by atoms with Gasteiger partial charge in [0.2, 0.25) is 0 Å². The van der Waals surface area contributed by atoms with E-state index < -0.39 is 71.2 Å². The third-order valence-electron chi connectivity index (χ3n) is 9.69. The molecule has 1 aliphatic heterocycles. The Kier molecular flexibility index (Phi) is 31.8. The number of carbonyl (C=O) groups is 2. The average molecular weight is 829 g/mol. The van der Waals surface area contributed by atoms with E-state index in [4.69, 9.17) is 18.9 Å². The molecule has 6 atom stereocenters. The number of esters is 2. The molecule has 0 radical (unpaired) electrons. The molecule has 6 unspecified atom stereocenters. The maximum atomic E-state index is 12.7. The highest BCUT2D eigenvalue weighted by Gasteiger charge is 2.46. The summed E-state index contributed by atoms with van der Waals surface area (Å²) in [6, 6.07) is 0. The van der Waals surface area contributed by atoms with E-state index in [9.17, 15) is 37.9 Å². The fourth-order valence-electron chi connectivity index (χ4n) is 6.34. The van der Waals surface area contributed by atoms with Crippen LogP contribution >= 0.6 is 0 Å². The van der Waals surface area contributed by atoms with Crippen LogP contribution in [0.15, 0.2) is 48.6 Å². The lowest BCUT2D eigenvalue weighted by Crippen LogP contribution is -2.60. The van der Waals surface area contributed by atoms with Crippen molar-refractivity contribution in [2.45, 2.75) is 198 Å². The Morgan fingerprint density at radius 1 is 0.614 bits per heavy atom. The highest BCUT2D eigenvalue weighted by Crippen LogP contribution is 2.24. The molecule has 4 N–H and O–H groups in total. The van der Waals surface area contributed by atoms with Crippen molar-refractivity contribution in [3.63, 3.8) is 0 Å². The van der Waals surface area contributed by atoms with Gasteiger partial charge in [0, 0.05) is 12.8 Å². The van der Waals surface area contributed by atoms with Crippen LogP contribution in [0.25, 0.3) is 0 Å². The Bertz CT molecular complexity index is 1250. The summed E-state index contributed by atoms with van der Waals surface area (Å²) < 4.78 is 53.9. The second-order valence-corrected chi connectivity index (χ2v) is 16.5. The summed E-state index contributed by atoms with van der Waals surface area (Å²) in [6.07, 6.45) is 30.4. The number of aliphatic hydroxyl groups is 3. The molecule has 1 aliphatic rings. The number of ether oxygens (including phenoxy) is 4. The maximum absolute atomic E-state index is 12.7. The summed E-state index contributed by atoms with van der Waals surface area (Å²) in [6.45, 7) is 3.57. The Labute approximate surface area is 343 Å². The number of hydrogen-bond acceptors (Lipinski definition) is 11. The van der Waals surface area contributed by atoms with Gasteiger partial charge in [-0.05, 0) is 38.5 Å². The molecule has 57 heavy (non-hydrogen) atoms. The van der Waals surface area contributed by atoms with Crippen molar-refractivity contribution in [1.29, 1.82) is 0 Å². The number of rotatable bonds is 35. The predicted molar refractivity (Wildman–Crippen MR) is 224 cm³/mol. The second kappa shape index (κ2) is 34.5. The highest BCUT2D eigenvalue weighted by atomic mass is 32.2. The van der Waals surface area contributed by atoms with Gasteiger partial charge in [0.1, 0.15) is 36.8 Å². The van der Waals surface area contributed by atoms with Crippen LogP contribution in [0.4, 0.5) is 0 Å². The zero-order valence-electron chi connectivity index (χ0n) is 34.9. The smallest absolute Gasteiger partial charge is 0.306 e. The first-order valence-electron chi connectivity index (χ1n) is 21.7. The molecule has 0 saturated carbocycles. The van der Waals surface area contributed by atoms with Crippen LogP contribution < -0.4 is 0 Å². The zero-order chi connectivity index (χ0) is 42.0. The van der Waals surface area contributed by atoms with Gasteiger partial charge in [-0.25, -0.2) is 0 Å². The Morgan fingerprint density at radius 3 is 1.61 bits per heavy atom. The lowest BCUT2D eigenvalue weighted by Gasteiger charge is -2.40. The van der Waals surface area contributed by atoms with Crippen LogP contribution in [-0.4, -0.2) is 96.0 Å². The first-order valence-corrected chi connectivity index (χ1v) is 23.3. The van der Waals surface area contributed by atoms with Gasteiger partial charge in [0.15, 0.2) is 12.4 Å². The van der Waals surface area contributed by atoms with E-state index in [-0.39, 0.29) is 19.4 Å². The molecule has 0 aromatic carbocycles. The molecule has 330 valence electrons. The molecule has 12 nitrogen and oxygen atoms in total. The molecule has 0 aromatic rings. The van der Waals surface area contributed by atoms with E-state index in [1.54, 1.807) is 0 Å². The van der Waals surface area contributed by atoms with Crippen molar-refractivity contribution in [1.82, 2.24) is 0 Å². The van der Waals surface area contributed by atoms with E-state index in [1.165, 1.54) is 77.0 Å². The molecule has 0 aromatic heterocycles. The third-order valence-corrected chi connectivity index (χ3v) is 10.4. The molecule has 1 heterocycles. The molecule has 0 aliphatic carbocycles. The van der Waals surface area contributed by atoms with Crippen molar-refractivity contribution in [2.75, 3.05) is 19.0 Å². The molecule has 0 bridgehead atoms. The zero-order valence-corrected chi connectivity index (χ0v) is 35.7. The van der Waals surface area contributed by atoms with Crippen LogP contribution in [0.3, 0.4) is 0 Å². The molecule has 1 saturated heterocycles. The summed E-state index contributed by atoms with van der Waals surface area (Å²) >= 11 is 0. The minimum absolute atomic E-state index is 0.0434. The molecule has 13 heteroatoms. The van der Waals surface area contributed by atoms with Gasteiger partial charge < -0.3 is 34.3 Å². The van der Waals surface area contributed by atoms with E-state index in [0.29, 0.717) is 19.3 Å². The quantitative estimate of drug-likeness (QED) is 0.0207. The van der Waals surface area contributed by atoms with E-state index in [0.717, 1.165) is 38.5 Å². The van der Waals surface area contributed by atoms with Gasteiger partial charge in [-0.3, -0.25) is 14.1 Å². The van der Waals surface area contributed by atoms with Crippen LogP contribution in [0.1, 0.15) is 162 Å². The Morgan fingerprint density at radius 2 is 1.11 bits per heavy atom. The lowest BCUT2D eigenvalue weighted by atomic mass is 10.00. The van der Waals surface area contributed by atoms with Gasteiger partial charge in [0.25, 0.3) is 10.1 Å². The first-order chi connectivity index (χ1) is 27.5. The van der Waals surface area contributed by atoms with Gasteiger partial charge in [-0.1, -0.05) is 159 Å². The first kappa shape index (κ1) is 52.6. The minimum atomic E-state index is -4.61. The third kappa shape index (κ3) is 29.5. The van der Waals surface area contributed by atoms with Crippen molar-refractivity contribution in [3.8, 4) is 0 Å². The summed E-state index contributed by atoms with van der Waals surface area (Å²) in [5.41, 5.74) is 0. The predicted octanol–water partition coefficient (Wildman–Crippen LogP) is 8.39.